The average Bonchev–Trinajstić information content (AvgIpc) is 3.31. The smallest absolute Gasteiger partial charge is 0.313 e. The molecule has 1 N–H and O–H groups in total. The third-order valence-corrected chi connectivity index (χ3v) is 8.58. The van der Waals surface area contributed by atoms with Crippen LogP contribution in [-0.4, -0.2) is 121 Å². The number of amides is 2. The molecule has 5 heterocycles. The molecule has 1 spiro atoms. The van der Waals surface area contributed by atoms with Crippen molar-refractivity contribution in [2.45, 2.75) is 62.9 Å². The number of cyclic esters (lactones) is 1. The molecular formula is C28H41N3O7. The minimum absolute atomic E-state index is 0.0874. The fourth-order valence-corrected chi connectivity index (χ4v) is 6.60. The zero-order chi connectivity index (χ0) is 26.7. The van der Waals surface area contributed by atoms with E-state index in [4.69, 9.17) is 14.2 Å². The van der Waals surface area contributed by atoms with Crippen LogP contribution in [-0.2, 0) is 28.6 Å². The Labute approximate surface area is 224 Å². The Morgan fingerprint density at radius 1 is 1.03 bits per heavy atom. The Kier molecular flexibility index (Phi) is 8.52. The highest BCUT2D eigenvalue weighted by Gasteiger charge is 2.71. The maximum Gasteiger partial charge on any atom is 0.313 e. The number of allylic oxidation sites excluding steroid dienone is 1. The molecule has 5 aliphatic rings. The summed E-state index contributed by atoms with van der Waals surface area (Å²) in [4.78, 5) is 47.5. The Morgan fingerprint density at radius 2 is 1.84 bits per heavy atom. The van der Waals surface area contributed by atoms with Gasteiger partial charge in [0.25, 0.3) is 0 Å². The molecule has 5 aliphatic heterocycles. The van der Waals surface area contributed by atoms with Crippen LogP contribution < -0.4 is 0 Å². The van der Waals surface area contributed by atoms with E-state index in [9.17, 15) is 19.5 Å². The quantitative estimate of drug-likeness (QED) is 0.278. The molecule has 0 radical (unpaired) electrons. The first-order valence-corrected chi connectivity index (χ1v) is 14.2. The molecule has 210 valence electrons. The van der Waals surface area contributed by atoms with Gasteiger partial charge in [-0.1, -0.05) is 24.3 Å². The van der Waals surface area contributed by atoms with Gasteiger partial charge in [0.1, 0.15) is 17.6 Å². The van der Waals surface area contributed by atoms with Gasteiger partial charge < -0.3 is 29.1 Å². The van der Waals surface area contributed by atoms with Gasteiger partial charge in [-0.2, -0.15) is 0 Å². The van der Waals surface area contributed by atoms with Gasteiger partial charge in [-0.3, -0.25) is 19.3 Å². The first-order valence-electron chi connectivity index (χ1n) is 14.2. The first kappa shape index (κ1) is 27.3. The summed E-state index contributed by atoms with van der Waals surface area (Å²) < 4.78 is 17.9. The number of aliphatic hydroxyl groups excluding tert-OH is 1. The summed E-state index contributed by atoms with van der Waals surface area (Å²) in [6.07, 6.45) is 10.3. The lowest BCUT2D eigenvalue weighted by Gasteiger charge is -2.36. The number of fused-ring (bicyclic) bond motifs is 2. The molecule has 38 heavy (non-hydrogen) atoms. The van der Waals surface area contributed by atoms with Gasteiger partial charge in [-0.05, 0) is 39.0 Å². The number of nitrogens with zero attached hydrogens (tertiary/aromatic N) is 3. The number of likely N-dealkylation sites (tertiary alicyclic amines) is 1. The summed E-state index contributed by atoms with van der Waals surface area (Å²) in [6, 6.07) is -0.841. The van der Waals surface area contributed by atoms with E-state index in [2.05, 4.69) is 4.90 Å². The van der Waals surface area contributed by atoms with Crippen molar-refractivity contribution in [3.05, 3.63) is 24.3 Å². The van der Waals surface area contributed by atoms with Crippen LogP contribution in [0.3, 0.4) is 0 Å². The highest BCUT2D eigenvalue weighted by Crippen LogP contribution is 2.53. The average molecular weight is 532 g/mol. The largest absolute Gasteiger partial charge is 0.462 e. The van der Waals surface area contributed by atoms with Crippen molar-refractivity contribution in [3.63, 3.8) is 0 Å². The van der Waals surface area contributed by atoms with Gasteiger partial charge in [-0.25, -0.2) is 0 Å². The van der Waals surface area contributed by atoms with Crippen molar-refractivity contribution in [1.29, 1.82) is 0 Å². The predicted octanol–water partition coefficient (Wildman–Crippen LogP) is 0.742. The van der Waals surface area contributed by atoms with Gasteiger partial charge >= 0.3 is 5.97 Å². The van der Waals surface area contributed by atoms with Crippen LogP contribution in [0.2, 0.25) is 0 Å². The molecule has 10 heteroatoms. The number of carbonyl (C=O) groups is 3. The Morgan fingerprint density at radius 3 is 2.63 bits per heavy atom. The Bertz CT molecular complexity index is 949. The summed E-state index contributed by atoms with van der Waals surface area (Å²) >= 11 is 0. The lowest BCUT2D eigenvalue weighted by Crippen LogP contribution is -2.56. The van der Waals surface area contributed by atoms with E-state index in [1.54, 1.807) is 4.90 Å². The molecule has 0 bridgehead atoms. The number of morpholine rings is 1. The number of aliphatic hydroxyl groups is 1. The molecule has 0 aromatic carbocycles. The van der Waals surface area contributed by atoms with Crippen molar-refractivity contribution in [1.82, 2.24) is 14.7 Å². The standard InChI is InChI=1S/C28H41N3O7/c1-20-8-3-4-9-21-22(27(35)37-20)23-25(33)31(12-5-2-6-17-32)24-26(34)30(11-7-10-28(23,24)38-21)14-13-29-15-18-36-19-16-29/h4,7,9-10,20-24,32H,2-3,5-6,8,11-19H2,1H3/b9-4-/t20?,21-,22?,23+,24-,28?/m1/s1. The van der Waals surface area contributed by atoms with Crippen LogP contribution in [0.4, 0.5) is 0 Å². The molecule has 3 saturated heterocycles. The molecule has 0 aromatic heterocycles. The second kappa shape index (κ2) is 11.9. The molecular weight excluding hydrogens is 490 g/mol. The molecule has 5 rings (SSSR count). The van der Waals surface area contributed by atoms with Crippen LogP contribution in [0, 0.1) is 11.8 Å². The van der Waals surface area contributed by atoms with Gasteiger partial charge in [0.15, 0.2) is 0 Å². The molecule has 3 unspecified atom stereocenters. The van der Waals surface area contributed by atoms with Crippen LogP contribution in [0.25, 0.3) is 0 Å². The summed E-state index contributed by atoms with van der Waals surface area (Å²) in [7, 11) is 0. The number of unbranched alkanes of at least 4 members (excludes halogenated alkanes) is 2. The maximum atomic E-state index is 14.2. The number of hydrogen-bond donors (Lipinski definition) is 1. The molecule has 0 aliphatic carbocycles. The number of hydrogen-bond acceptors (Lipinski definition) is 8. The van der Waals surface area contributed by atoms with Crippen molar-refractivity contribution in [3.8, 4) is 0 Å². The van der Waals surface area contributed by atoms with Gasteiger partial charge in [0, 0.05) is 45.9 Å². The van der Waals surface area contributed by atoms with Crippen LogP contribution >= 0.6 is 0 Å². The van der Waals surface area contributed by atoms with Crippen LogP contribution in [0.5, 0.6) is 0 Å². The van der Waals surface area contributed by atoms with Crippen LogP contribution in [0.15, 0.2) is 24.3 Å². The highest BCUT2D eigenvalue weighted by atomic mass is 16.6. The van der Waals surface area contributed by atoms with Crippen LogP contribution in [0.1, 0.15) is 39.0 Å². The fraction of sp³-hybridized carbons (Fsp3) is 0.750. The summed E-state index contributed by atoms with van der Waals surface area (Å²) in [5, 5.41) is 9.22. The minimum Gasteiger partial charge on any atom is -0.462 e. The topological polar surface area (TPSA) is 109 Å². The van der Waals surface area contributed by atoms with E-state index < -0.39 is 35.6 Å². The SMILES string of the molecule is CC1CC/C=C\[C@H]2OC34C=CCN(CCN5CCOCC5)C(=O)[C@H]3N(CCCCCO)C(=O)[C@@H]4C2C(=O)O1. The summed E-state index contributed by atoms with van der Waals surface area (Å²) in [6.45, 7) is 7.08. The van der Waals surface area contributed by atoms with Gasteiger partial charge in [0.2, 0.25) is 11.8 Å². The molecule has 6 atom stereocenters. The summed E-state index contributed by atoms with van der Waals surface area (Å²) in [5.74, 6) is -2.42. The fourth-order valence-electron chi connectivity index (χ4n) is 6.60. The third kappa shape index (κ3) is 5.15. The van der Waals surface area contributed by atoms with E-state index in [0.29, 0.717) is 52.1 Å². The third-order valence-electron chi connectivity index (χ3n) is 8.58. The highest BCUT2D eigenvalue weighted by molar-refractivity contribution is 5.99. The van der Waals surface area contributed by atoms with Crippen molar-refractivity contribution < 1.29 is 33.7 Å². The zero-order valence-corrected chi connectivity index (χ0v) is 22.3. The second-order valence-electron chi connectivity index (χ2n) is 11.1. The predicted molar refractivity (Wildman–Crippen MR) is 138 cm³/mol. The maximum absolute atomic E-state index is 14.2. The Balaban J connectivity index is 1.45. The molecule has 2 amide bonds. The van der Waals surface area contributed by atoms with E-state index in [1.165, 1.54) is 0 Å². The number of rotatable bonds is 8. The Hall–Kier alpha value is -2.27. The summed E-state index contributed by atoms with van der Waals surface area (Å²) in [5.41, 5.74) is -1.22. The number of carbonyl (C=O) groups excluding carboxylic acids is 3. The zero-order valence-electron chi connectivity index (χ0n) is 22.3. The van der Waals surface area contributed by atoms with Crippen molar-refractivity contribution in [2.24, 2.45) is 11.8 Å². The molecule has 0 aromatic rings. The number of esters is 1. The van der Waals surface area contributed by atoms with Gasteiger partial charge in [0.05, 0.1) is 31.3 Å². The number of ether oxygens (including phenoxy) is 3. The lowest BCUT2D eigenvalue weighted by molar-refractivity contribution is -0.158. The first-order chi connectivity index (χ1) is 18.5. The minimum atomic E-state index is -1.22. The van der Waals surface area contributed by atoms with Crippen molar-refractivity contribution >= 4 is 17.8 Å². The van der Waals surface area contributed by atoms with Crippen molar-refractivity contribution in [2.75, 3.05) is 59.1 Å². The van der Waals surface area contributed by atoms with E-state index in [1.807, 2.05) is 36.1 Å². The van der Waals surface area contributed by atoms with Gasteiger partial charge in [-0.15, -0.1) is 0 Å². The van der Waals surface area contributed by atoms with E-state index in [0.717, 1.165) is 32.5 Å². The second-order valence-corrected chi connectivity index (χ2v) is 11.1. The van der Waals surface area contributed by atoms with E-state index in [-0.39, 0.29) is 24.5 Å². The monoisotopic (exact) mass is 531 g/mol. The normalized spacial score (nSPS) is 36.6. The molecule has 10 nitrogen and oxygen atoms in total. The molecule has 3 fully saturated rings. The molecule has 0 saturated carbocycles. The lowest BCUT2D eigenvalue weighted by atomic mass is 9.78. The van der Waals surface area contributed by atoms with E-state index >= 15 is 0 Å².